The molecule has 0 aliphatic heterocycles. The van der Waals surface area contributed by atoms with Crippen LogP contribution in [0.15, 0.2) is 54.6 Å². The average Bonchev–Trinajstić information content (AvgIpc) is 2.66. The van der Waals surface area contributed by atoms with E-state index in [1.54, 1.807) is 18.2 Å². The molecule has 0 unspecified atom stereocenters. The Labute approximate surface area is 150 Å². The van der Waals surface area contributed by atoms with Crippen LogP contribution < -0.4 is 5.32 Å². The first-order valence-corrected chi connectivity index (χ1v) is 7.87. The van der Waals surface area contributed by atoms with E-state index in [2.05, 4.69) is 5.32 Å². The summed E-state index contributed by atoms with van der Waals surface area (Å²) in [5, 5.41) is 20.3. The summed E-state index contributed by atoms with van der Waals surface area (Å²) >= 11 is 0. The fourth-order valence-electron chi connectivity index (χ4n) is 2.17. The number of alkyl carbamates (subject to hydrolysis) is 1. The van der Waals surface area contributed by atoms with Crippen LogP contribution in [-0.2, 0) is 27.3 Å². The fraction of sp³-hybridized carbons (Fsp3) is 0.211. The van der Waals surface area contributed by atoms with E-state index in [0.717, 1.165) is 5.56 Å². The van der Waals surface area contributed by atoms with Crippen molar-refractivity contribution in [3.8, 4) is 11.8 Å². The van der Waals surface area contributed by atoms with Crippen LogP contribution in [0.4, 0.5) is 4.79 Å². The van der Waals surface area contributed by atoms with Crippen molar-refractivity contribution in [2.75, 3.05) is 6.61 Å². The quantitative estimate of drug-likeness (QED) is 0.739. The monoisotopic (exact) mass is 354 g/mol. The first-order chi connectivity index (χ1) is 12.6. The van der Waals surface area contributed by atoms with Crippen molar-refractivity contribution in [2.24, 2.45) is 0 Å². The van der Waals surface area contributed by atoms with E-state index in [1.807, 2.05) is 30.3 Å². The summed E-state index contributed by atoms with van der Waals surface area (Å²) in [6.07, 6.45) is -0.642. The molecule has 7 nitrogen and oxygen atoms in total. The normalized spacial score (nSPS) is 11.0. The Morgan fingerprint density at radius 1 is 1.04 bits per heavy atom. The largest absolute Gasteiger partial charge is 0.508 e. The molecule has 7 heteroatoms. The number of rotatable bonds is 7. The molecular formula is C19H18N2O5. The highest BCUT2D eigenvalue weighted by atomic mass is 16.6. The Hall–Kier alpha value is -3.53. The second-order valence-electron chi connectivity index (χ2n) is 5.40. The number of phenolic OH excluding ortho intramolecular Hbond substituents is 1. The Morgan fingerprint density at radius 2 is 1.73 bits per heavy atom. The standard InChI is InChI=1S/C19H18N2O5/c20-10-11-25-18(23)17(12-14-6-8-16(22)9-7-14)21-19(24)26-13-15-4-2-1-3-5-15/h1-9,17,22H,11-13H2,(H,21,24)/t17-/m0/s1. The maximum atomic E-state index is 12.1. The van der Waals surface area contributed by atoms with Crippen molar-refractivity contribution in [1.29, 1.82) is 5.26 Å². The molecule has 0 saturated carbocycles. The van der Waals surface area contributed by atoms with Crippen molar-refractivity contribution in [2.45, 2.75) is 19.1 Å². The smallest absolute Gasteiger partial charge is 0.408 e. The Kier molecular flexibility index (Phi) is 7.01. The highest BCUT2D eigenvalue weighted by molar-refractivity contribution is 5.81. The number of hydrogen-bond acceptors (Lipinski definition) is 6. The fourth-order valence-corrected chi connectivity index (χ4v) is 2.17. The van der Waals surface area contributed by atoms with Gasteiger partial charge in [0.2, 0.25) is 0 Å². The van der Waals surface area contributed by atoms with Gasteiger partial charge >= 0.3 is 12.1 Å². The lowest BCUT2D eigenvalue weighted by Crippen LogP contribution is -2.43. The zero-order valence-corrected chi connectivity index (χ0v) is 13.9. The summed E-state index contributed by atoms with van der Waals surface area (Å²) in [5.41, 5.74) is 1.51. The summed E-state index contributed by atoms with van der Waals surface area (Å²) in [6, 6.07) is 16.0. The van der Waals surface area contributed by atoms with Gasteiger partial charge in [-0.2, -0.15) is 5.26 Å². The third kappa shape index (κ3) is 6.17. The number of esters is 1. The van der Waals surface area contributed by atoms with Gasteiger partial charge in [-0.05, 0) is 23.3 Å². The molecule has 2 aromatic carbocycles. The van der Waals surface area contributed by atoms with Gasteiger partial charge in [-0.25, -0.2) is 9.59 Å². The first kappa shape index (κ1) is 18.8. The molecule has 0 heterocycles. The first-order valence-electron chi connectivity index (χ1n) is 7.87. The molecule has 0 aromatic heterocycles. The molecule has 0 aliphatic rings. The number of nitrogens with one attached hydrogen (secondary N) is 1. The molecule has 134 valence electrons. The number of hydrogen-bond donors (Lipinski definition) is 2. The van der Waals surface area contributed by atoms with Crippen LogP contribution in [0.25, 0.3) is 0 Å². The molecule has 2 N–H and O–H groups in total. The van der Waals surface area contributed by atoms with Crippen molar-refractivity contribution in [1.82, 2.24) is 5.32 Å². The van der Waals surface area contributed by atoms with E-state index < -0.39 is 24.7 Å². The predicted molar refractivity (Wildman–Crippen MR) is 91.9 cm³/mol. The molecule has 0 saturated heterocycles. The van der Waals surface area contributed by atoms with Crippen LogP contribution in [0.3, 0.4) is 0 Å². The van der Waals surface area contributed by atoms with Crippen LogP contribution in [0.1, 0.15) is 11.1 Å². The number of benzene rings is 2. The SMILES string of the molecule is N#CCOC(=O)[C@H](Cc1ccc(O)cc1)NC(=O)OCc1ccccc1. The number of amides is 1. The van der Waals surface area contributed by atoms with Crippen LogP contribution in [0.5, 0.6) is 5.75 Å². The number of ether oxygens (including phenoxy) is 2. The number of nitrogens with zero attached hydrogens (tertiary/aromatic N) is 1. The minimum atomic E-state index is -1.02. The summed E-state index contributed by atoms with van der Waals surface area (Å²) in [5.74, 6) is -0.649. The third-order valence-corrected chi connectivity index (χ3v) is 3.44. The minimum absolute atomic E-state index is 0.0614. The summed E-state index contributed by atoms with van der Waals surface area (Å²) in [7, 11) is 0. The second-order valence-corrected chi connectivity index (χ2v) is 5.40. The van der Waals surface area contributed by atoms with E-state index in [1.165, 1.54) is 12.1 Å². The number of carbonyl (C=O) groups excluding carboxylic acids is 2. The molecule has 2 rings (SSSR count). The minimum Gasteiger partial charge on any atom is -0.508 e. The molecule has 0 spiro atoms. The highest BCUT2D eigenvalue weighted by Crippen LogP contribution is 2.12. The number of phenols is 1. The van der Waals surface area contributed by atoms with Crippen molar-refractivity contribution >= 4 is 12.1 Å². The molecule has 2 aromatic rings. The van der Waals surface area contributed by atoms with Gasteiger partial charge in [0.05, 0.1) is 0 Å². The zero-order chi connectivity index (χ0) is 18.8. The number of aromatic hydroxyl groups is 1. The third-order valence-electron chi connectivity index (χ3n) is 3.44. The van der Waals surface area contributed by atoms with E-state index in [9.17, 15) is 14.7 Å². The molecule has 26 heavy (non-hydrogen) atoms. The lowest BCUT2D eigenvalue weighted by atomic mass is 10.1. The van der Waals surface area contributed by atoms with Crippen molar-refractivity contribution in [3.63, 3.8) is 0 Å². The summed E-state index contributed by atoms with van der Waals surface area (Å²) in [6.45, 7) is -0.350. The molecule has 0 fully saturated rings. The maximum absolute atomic E-state index is 12.1. The lowest BCUT2D eigenvalue weighted by molar-refractivity contribution is -0.144. The predicted octanol–water partition coefficient (Wildman–Crippen LogP) is 2.30. The van der Waals surface area contributed by atoms with Crippen molar-refractivity contribution < 1.29 is 24.2 Å². The van der Waals surface area contributed by atoms with E-state index in [0.29, 0.717) is 5.56 Å². The topological polar surface area (TPSA) is 109 Å². The van der Waals surface area contributed by atoms with Crippen LogP contribution in [0, 0.1) is 11.3 Å². The Morgan fingerprint density at radius 3 is 2.38 bits per heavy atom. The zero-order valence-electron chi connectivity index (χ0n) is 13.9. The molecular weight excluding hydrogens is 336 g/mol. The van der Waals surface area contributed by atoms with Gasteiger partial charge in [0.1, 0.15) is 24.5 Å². The highest BCUT2D eigenvalue weighted by Gasteiger charge is 2.23. The molecule has 0 radical (unpaired) electrons. The van der Waals surface area contributed by atoms with Crippen LogP contribution >= 0.6 is 0 Å². The van der Waals surface area contributed by atoms with E-state index >= 15 is 0 Å². The Bertz CT molecular complexity index is 769. The summed E-state index contributed by atoms with van der Waals surface area (Å²) in [4.78, 5) is 24.1. The Balaban J connectivity index is 1.97. The van der Waals surface area contributed by atoms with Crippen LogP contribution in [0.2, 0.25) is 0 Å². The second kappa shape index (κ2) is 9.69. The van der Waals surface area contributed by atoms with Crippen LogP contribution in [-0.4, -0.2) is 29.8 Å². The van der Waals surface area contributed by atoms with Gasteiger partial charge < -0.3 is 19.9 Å². The van der Waals surface area contributed by atoms with Gasteiger partial charge in [0.25, 0.3) is 0 Å². The van der Waals surface area contributed by atoms with E-state index in [-0.39, 0.29) is 18.8 Å². The number of carbonyl (C=O) groups is 2. The maximum Gasteiger partial charge on any atom is 0.408 e. The van der Waals surface area contributed by atoms with Gasteiger partial charge in [0.15, 0.2) is 6.61 Å². The van der Waals surface area contributed by atoms with Gasteiger partial charge in [0, 0.05) is 6.42 Å². The van der Waals surface area contributed by atoms with Gasteiger partial charge in [-0.1, -0.05) is 42.5 Å². The van der Waals surface area contributed by atoms with E-state index in [4.69, 9.17) is 14.7 Å². The van der Waals surface area contributed by atoms with Gasteiger partial charge in [-0.3, -0.25) is 0 Å². The lowest BCUT2D eigenvalue weighted by Gasteiger charge is -2.17. The molecule has 0 bridgehead atoms. The number of nitriles is 1. The van der Waals surface area contributed by atoms with Crippen molar-refractivity contribution in [3.05, 3.63) is 65.7 Å². The van der Waals surface area contributed by atoms with Gasteiger partial charge in [-0.15, -0.1) is 0 Å². The molecule has 0 aliphatic carbocycles. The average molecular weight is 354 g/mol. The molecule has 1 atom stereocenters. The molecule has 1 amide bonds. The summed E-state index contributed by atoms with van der Waals surface area (Å²) < 4.78 is 9.90.